The molecule has 0 aromatic rings. The van der Waals surface area contributed by atoms with Crippen molar-refractivity contribution < 1.29 is 9.53 Å². The van der Waals surface area contributed by atoms with Crippen LogP contribution in [-0.4, -0.2) is 19.0 Å². The van der Waals surface area contributed by atoms with E-state index < -0.39 is 5.41 Å². The number of nitriles is 1. The summed E-state index contributed by atoms with van der Waals surface area (Å²) in [6, 6.07) is 2.06. The van der Waals surface area contributed by atoms with Crippen LogP contribution in [0.4, 0.5) is 0 Å². The second-order valence-corrected chi connectivity index (χ2v) is 3.47. The van der Waals surface area contributed by atoms with Crippen LogP contribution in [0, 0.1) is 16.7 Å². The lowest BCUT2D eigenvalue weighted by molar-refractivity contribution is -0.130. The third-order valence-corrected chi connectivity index (χ3v) is 2.52. The average molecular weight is 167 g/mol. The number of rotatable bonds is 1. The standard InChI is InChI=1S/C9H13NO2/c1-9(6-10)5-7(12-2)3-4-8(9)11/h7H,3-5H2,1-2H3. The van der Waals surface area contributed by atoms with Crippen molar-refractivity contribution in [3.05, 3.63) is 0 Å². The largest absolute Gasteiger partial charge is 0.381 e. The molecule has 0 bridgehead atoms. The van der Waals surface area contributed by atoms with E-state index in [0.29, 0.717) is 12.8 Å². The summed E-state index contributed by atoms with van der Waals surface area (Å²) in [5.74, 6) is 0.0540. The zero-order valence-corrected chi connectivity index (χ0v) is 7.46. The minimum absolute atomic E-state index is 0.0540. The van der Waals surface area contributed by atoms with Crippen molar-refractivity contribution in [2.75, 3.05) is 7.11 Å². The molecule has 2 atom stereocenters. The van der Waals surface area contributed by atoms with E-state index in [2.05, 4.69) is 6.07 Å². The second kappa shape index (κ2) is 3.24. The van der Waals surface area contributed by atoms with Crippen LogP contribution < -0.4 is 0 Å². The van der Waals surface area contributed by atoms with Crippen LogP contribution in [0.2, 0.25) is 0 Å². The molecule has 12 heavy (non-hydrogen) atoms. The van der Waals surface area contributed by atoms with Gasteiger partial charge in [0.15, 0.2) is 5.78 Å². The van der Waals surface area contributed by atoms with Crippen LogP contribution in [0.15, 0.2) is 0 Å². The van der Waals surface area contributed by atoms with E-state index in [1.807, 2.05) is 0 Å². The normalized spacial score (nSPS) is 36.1. The molecule has 66 valence electrons. The highest BCUT2D eigenvalue weighted by Crippen LogP contribution is 2.33. The topological polar surface area (TPSA) is 50.1 Å². The van der Waals surface area contributed by atoms with Crippen LogP contribution in [0.5, 0.6) is 0 Å². The van der Waals surface area contributed by atoms with Gasteiger partial charge in [-0.15, -0.1) is 0 Å². The maximum absolute atomic E-state index is 11.3. The first kappa shape index (κ1) is 9.21. The number of carbonyl (C=O) groups is 1. The van der Waals surface area contributed by atoms with Crippen LogP contribution in [0.25, 0.3) is 0 Å². The lowest BCUT2D eigenvalue weighted by atomic mass is 9.74. The summed E-state index contributed by atoms with van der Waals surface area (Å²) in [4.78, 5) is 11.3. The monoisotopic (exact) mass is 167 g/mol. The molecule has 3 nitrogen and oxygen atoms in total. The third-order valence-electron chi connectivity index (χ3n) is 2.52. The molecular weight excluding hydrogens is 154 g/mol. The molecule has 3 heteroatoms. The Bertz CT molecular complexity index is 231. The minimum Gasteiger partial charge on any atom is -0.381 e. The van der Waals surface area contributed by atoms with Crippen LogP contribution in [0.3, 0.4) is 0 Å². The summed E-state index contributed by atoms with van der Waals surface area (Å²) >= 11 is 0. The molecule has 0 heterocycles. The molecule has 1 aliphatic carbocycles. The van der Waals surface area contributed by atoms with Gasteiger partial charge in [0.25, 0.3) is 0 Å². The van der Waals surface area contributed by atoms with Gasteiger partial charge in [0, 0.05) is 13.5 Å². The van der Waals surface area contributed by atoms with E-state index in [1.165, 1.54) is 0 Å². The second-order valence-electron chi connectivity index (χ2n) is 3.47. The highest BCUT2D eigenvalue weighted by Gasteiger charge is 2.39. The number of carbonyl (C=O) groups excluding carboxylic acids is 1. The highest BCUT2D eigenvalue weighted by molar-refractivity contribution is 5.87. The molecule has 0 amide bonds. The fourth-order valence-corrected chi connectivity index (χ4v) is 1.55. The van der Waals surface area contributed by atoms with Crippen molar-refractivity contribution in [3.63, 3.8) is 0 Å². The van der Waals surface area contributed by atoms with E-state index in [-0.39, 0.29) is 11.9 Å². The number of ketones is 1. The number of nitrogens with zero attached hydrogens (tertiary/aromatic N) is 1. The van der Waals surface area contributed by atoms with Gasteiger partial charge in [0.2, 0.25) is 0 Å². The van der Waals surface area contributed by atoms with E-state index in [1.54, 1.807) is 14.0 Å². The molecule has 0 aromatic carbocycles. The van der Waals surface area contributed by atoms with Gasteiger partial charge < -0.3 is 4.74 Å². The number of methoxy groups -OCH3 is 1. The number of hydrogen-bond acceptors (Lipinski definition) is 3. The average Bonchev–Trinajstić information content (AvgIpc) is 2.10. The maximum atomic E-state index is 11.3. The summed E-state index contributed by atoms with van der Waals surface area (Å²) < 4.78 is 5.13. The Morgan fingerprint density at radius 1 is 1.75 bits per heavy atom. The molecule has 0 aromatic heterocycles. The smallest absolute Gasteiger partial charge is 0.152 e. The molecule has 1 rings (SSSR count). The van der Waals surface area contributed by atoms with E-state index >= 15 is 0 Å². The first-order chi connectivity index (χ1) is 5.62. The van der Waals surface area contributed by atoms with Crippen LogP contribution >= 0.6 is 0 Å². The zero-order valence-electron chi connectivity index (χ0n) is 7.46. The summed E-state index contributed by atoms with van der Waals surface area (Å²) in [7, 11) is 1.62. The lowest BCUT2D eigenvalue weighted by Crippen LogP contribution is -2.36. The minimum atomic E-state index is -0.807. The zero-order chi connectivity index (χ0) is 9.19. The van der Waals surface area contributed by atoms with Crippen molar-refractivity contribution >= 4 is 5.78 Å². The Hall–Kier alpha value is -0.880. The van der Waals surface area contributed by atoms with Gasteiger partial charge in [-0.2, -0.15) is 5.26 Å². The van der Waals surface area contributed by atoms with Gasteiger partial charge in [-0.25, -0.2) is 0 Å². The molecule has 1 fully saturated rings. The van der Waals surface area contributed by atoms with Gasteiger partial charge in [-0.1, -0.05) is 0 Å². The predicted octanol–water partition coefficient (Wildman–Crippen LogP) is 1.28. The molecule has 0 saturated heterocycles. The van der Waals surface area contributed by atoms with Crippen LogP contribution in [-0.2, 0) is 9.53 Å². The van der Waals surface area contributed by atoms with Gasteiger partial charge in [0.05, 0.1) is 12.2 Å². The van der Waals surface area contributed by atoms with Crippen molar-refractivity contribution in [1.82, 2.24) is 0 Å². The first-order valence-corrected chi connectivity index (χ1v) is 4.10. The summed E-state index contributed by atoms with van der Waals surface area (Å²) in [5.41, 5.74) is -0.807. The summed E-state index contributed by atoms with van der Waals surface area (Å²) in [6.07, 6.45) is 1.85. The Morgan fingerprint density at radius 3 is 2.92 bits per heavy atom. The number of Topliss-reactive ketones (excluding diaryl/α,β-unsaturated/α-hetero) is 1. The molecular formula is C9H13NO2. The quantitative estimate of drug-likeness (QED) is 0.591. The molecule has 1 saturated carbocycles. The lowest BCUT2D eigenvalue weighted by Gasteiger charge is -2.30. The molecule has 0 spiro atoms. The van der Waals surface area contributed by atoms with Crippen molar-refractivity contribution in [2.45, 2.75) is 32.3 Å². The molecule has 0 aliphatic heterocycles. The van der Waals surface area contributed by atoms with E-state index in [4.69, 9.17) is 10.00 Å². The third kappa shape index (κ3) is 1.49. The molecule has 2 unspecified atom stereocenters. The van der Waals surface area contributed by atoms with Crippen molar-refractivity contribution in [2.24, 2.45) is 5.41 Å². The maximum Gasteiger partial charge on any atom is 0.152 e. The Balaban J connectivity index is 2.73. The Kier molecular flexibility index (Phi) is 2.49. The van der Waals surface area contributed by atoms with Gasteiger partial charge in [-0.05, 0) is 19.8 Å². The highest BCUT2D eigenvalue weighted by atomic mass is 16.5. The summed E-state index contributed by atoms with van der Waals surface area (Å²) in [5, 5.41) is 8.81. The van der Waals surface area contributed by atoms with Gasteiger partial charge >= 0.3 is 0 Å². The van der Waals surface area contributed by atoms with E-state index in [0.717, 1.165) is 6.42 Å². The Morgan fingerprint density at radius 2 is 2.42 bits per heavy atom. The Labute approximate surface area is 72.3 Å². The predicted molar refractivity (Wildman–Crippen MR) is 43.4 cm³/mol. The fourth-order valence-electron chi connectivity index (χ4n) is 1.55. The van der Waals surface area contributed by atoms with Crippen LogP contribution in [0.1, 0.15) is 26.2 Å². The van der Waals surface area contributed by atoms with Crippen molar-refractivity contribution in [3.8, 4) is 6.07 Å². The molecule has 0 radical (unpaired) electrons. The first-order valence-electron chi connectivity index (χ1n) is 4.10. The van der Waals surface area contributed by atoms with Gasteiger partial charge in [0.1, 0.15) is 5.41 Å². The number of hydrogen-bond donors (Lipinski definition) is 0. The van der Waals surface area contributed by atoms with Crippen molar-refractivity contribution in [1.29, 1.82) is 5.26 Å². The fraction of sp³-hybridized carbons (Fsp3) is 0.778. The molecule has 0 N–H and O–H groups in total. The SMILES string of the molecule is COC1CCC(=O)C(C)(C#N)C1. The molecule has 1 aliphatic rings. The van der Waals surface area contributed by atoms with Gasteiger partial charge in [-0.3, -0.25) is 4.79 Å². The summed E-state index contributed by atoms with van der Waals surface area (Å²) in [6.45, 7) is 1.69. The van der Waals surface area contributed by atoms with E-state index in [9.17, 15) is 4.79 Å². The number of ether oxygens (including phenoxy) is 1.